The van der Waals surface area contributed by atoms with Crippen LogP contribution in [0.25, 0.3) is 0 Å². The molecule has 1 spiro atoms. The van der Waals surface area contributed by atoms with Crippen LogP contribution in [0.1, 0.15) is 64.7 Å². The molecule has 0 aromatic heterocycles. The van der Waals surface area contributed by atoms with Crippen molar-refractivity contribution >= 4 is 0 Å². The molecule has 1 unspecified atom stereocenters. The van der Waals surface area contributed by atoms with Crippen LogP contribution in [0.3, 0.4) is 0 Å². The minimum Gasteiger partial charge on any atom is -0.393 e. The topological polar surface area (TPSA) is 32.3 Å². The van der Waals surface area contributed by atoms with Crippen LogP contribution in [0.4, 0.5) is 0 Å². The quantitative estimate of drug-likeness (QED) is 0.774. The average molecular weight is 225 g/mol. The van der Waals surface area contributed by atoms with Gasteiger partial charge in [-0.2, -0.15) is 0 Å². The molecule has 2 heteroatoms. The van der Waals surface area contributed by atoms with E-state index in [1.165, 1.54) is 51.4 Å². The predicted octanol–water partition coefficient (Wildman–Crippen LogP) is 2.85. The standard InChI is InChI=1S/C14H27NO/c1-2-3-7-12-13(16)8-6-10-14(12)9-4-5-11-15-14/h12-13,15-16H,2-11H2,1H3/t12-,13+,14?/m1/s1. The lowest BCUT2D eigenvalue weighted by Crippen LogP contribution is -2.59. The Morgan fingerprint density at radius 3 is 2.75 bits per heavy atom. The molecular formula is C14H27NO. The maximum absolute atomic E-state index is 10.3. The van der Waals surface area contributed by atoms with Gasteiger partial charge in [-0.15, -0.1) is 0 Å². The van der Waals surface area contributed by atoms with E-state index >= 15 is 0 Å². The van der Waals surface area contributed by atoms with Gasteiger partial charge >= 0.3 is 0 Å². The normalized spacial score (nSPS) is 40.1. The Balaban J connectivity index is 2.05. The summed E-state index contributed by atoms with van der Waals surface area (Å²) in [5.74, 6) is 0.515. The van der Waals surface area contributed by atoms with Gasteiger partial charge in [0.05, 0.1) is 6.10 Å². The minimum atomic E-state index is -0.0501. The Hall–Kier alpha value is -0.0800. The summed E-state index contributed by atoms with van der Waals surface area (Å²) in [5.41, 5.74) is 0.297. The Morgan fingerprint density at radius 2 is 2.06 bits per heavy atom. The largest absolute Gasteiger partial charge is 0.393 e. The van der Waals surface area contributed by atoms with Gasteiger partial charge in [-0.1, -0.05) is 26.2 Å². The fraction of sp³-hybridized carbons (Fsp3) is 1.00. The van der Waals surface area contributed by atoms with E-state index in [2.05, 4.69) is 12.2 Å². The Bertz CT molecular complexity index is 205. The van der Waals surface area contributed by atoms with E-state index in [1.54, 1.807) is 0 Å². The Morgan fingerprint density at radius 1 is 1.25 bits per heavy atom. The van der Waals surface area contributed by atoms with Crippen molar-refractivity contribution in [3.05, 3.63) is 0 Å². The molecule has 3 atom stereocenters. The number of aliphatic hydroxyl groups excluding tert-OH is 1. The Kier molecular flexibility index (Phi) is 4.26. The molecule has 1 aliphatic carbocycles. The van der Waals surface area contributed by atoms with E-state index in [0.717, 1.165) is 13.0 Å². The summed E-state index contributed by atoms with van der Waals surface area (Å²) in [5, 5.41) is 14.0. The van der Waals surface area contributed by atoms with E-state index in [-0.39, 0.29) is 6.10 Å². The highest BCUT2D eigenvalue weighted by molar-refractivity contribution is 5.01. The summed E-state index contributed by atoms with van der Waals surface area (Å²) >= 11 is 0. The molecule has 0 aromatic carbocycles. The average Bonchev–Trinajstić information content (AvgIpc) is 2.30. The van der Waals surface area contributed by atoms with Crippen LogP contribution in [0.15, 0.2) is 0 Å². The van der Waals surface area contributed by atoms with Crippen LogP contribution in [-0.4, -0.2) is 23.3 Å². The first-order chi connectivity index (χ1) is 7.78. The van der Waals surface area contributed by atoms with E-state index in [4.69, 9.17) is 0 Å². The number of nitrogens with one attached hydrogen (secondary N) is 1. The van der Waals surface area contributed by atoms with Crippen LogP contribution < -0.4 is 5.32 Å². The molecule has 0 amide bonds. The van der Waals surface area contributed by atoms with Crippen molar-refractivity contribution in [3.8, 4) is 0 Å². The zero-order valence-electron chi connectivity index (χ0n) is 10.7. The van der Waals surface area contributed by atoms with Crippen molar-refractivity contribution in [2.45, 2.75) is 76.4 Å². The third-order valence-electron chi connectivity index (χ3n) is 4.69. The number of piperidine rings is 1. The Labute approximate surface area is 99.8 Å². The molecule has 94 valence electrons. The van der Waals surface area contributed by atoms with E-state index in [0.29, 0.717) is 11.5 Å². The van der Waals surface area contributed by atoms with Gasteiger partial charge in [0.2, 0.25) is 0 Å². The third kappa shape index (κ3) is 2.43. The van der Waals surface area contributed by atoms with Crippen molar-refractivity contribution in [2.24, 2.45) is 5.92 Å². The van der Waals surface area contributed by atoms with Gasteiger partial charge in [0, 0.05) is 11.5 Å². The number of aliphatic hydroxyl groups is 1. The molecule has 2 fully saturated rings. The van der Waals surface area contributed by atoms with E-state index < -0.39 is 0 Å². The van der Waals surface area contributed by atoms with Gasteiger partial charge in [0.15, 0.2) is 0 Å². The van der Waals surface area contributed by atoms with Gasteiger partial charge in [-0.05, 0) is 45.1 Å². The van der Waals surface area contributed by atoms with Crippen LogP contribution in [-0.2, 0) is 0 Å². The highest BCUT2D eigenvalue weighted by Gasteiger charge is 2.44. The molecule has 1 saturated carbocycles. The highest BCUT2D eigenvalue weighted by Crippen LogP contribution is 2.41. The number of rotatable bonds is 3. The van der Waals surface area contributed by atoms with Gasteiger partial charge in [-0.25, -0.2) is 0 Å². The first kappa shape index (κ1) is 12.4. The molecule has 16 heavy (non-hydrogen) atoms. The van der Waals surface area contributed by atoms with Crippen molar-refractivity contribution in [1.29, 1.82) is 0 Å². The zero-order chi connectivity index (χ0) is 11.4. The lowest BCUT2D eigenvalue weighted by molar-refractivity contribution is -0.0166. The molecular weight excluding hydrogens is 198 g/mol. The fourth-order valence-corrected chi connectivity index (χ4v) is 3.80. The molecule has 1 heterocycles. The molecule has 2 N–H and O–H groups in total. The highest BCUT2D eigenvalue weighted by atomic mass is 16.3. The van der Waals surface area contributed by atoms with E-state index in [1.807, 2.05) is 0 Å². The monoisotopic (exact) mass is 225 g/mol. The SMILES string of the molecule is CCCC[C@@H]1[C@@H](O)CCCC12CCCCN2. The van der Waals surface area contributed by atoms with Crippen molar-refractivity contribution < 1.29 is 5.11 Å². The minimum absolute atomic E-state index is 0.0501. The summed E-state index contributed by atoms with van der Waals surface area (Å²) in [6.07, 6.45) is 11.2. The summed E-state index contributed by atoms with van der Waals surface area (Å²) in [7, 11) is 0. The molecule has 0 radical (unpaired) electrons. The van der Waals surface area contributed by atoms with Gasteiger partial charge in [0.1, 0.15) is 0 Å². The molecule has 2 aliphatic rings. The van der Waals surface area contributed by atoms with Crippen LogP contribution in [0, 0.1) is 5.92 Å². The summed E-state index contributed by atoms with van der Waals surface area (Å²) in [6.45, 7) is 3.41. The zero-order valence-corrected chi connectivity index (χ0v) is 10.7. The molecule has 1 saturated heterocycles. The second kappa shape index (κ2) is 5.50. The molecule has 2 nitrogen and oxygen atoms in total. The first-order valence-corrected chi connectivity index (χ1v) is 7.21. The smallest absolute Gasteiger partial charge is 0.0586 e. The summed E-state index contributed by atoms with van der Waals surface area (Å²) in [6, 6.07) is 0. The third-order valence-corrected chi connectivity index (χ3v) is 4.69. The molecule has 2 rings (SSSR count). The second-order valence-corrected chi connectivity index (χ2v) is 5.75. The summed E-state index contributed by atoms with van der Waals surface area (Å²) < 4.78 is 0. The molecule has 1 aliphatic heterocycles. The van der Waals surface area contributed by atoms with Crippen LogP contribution in [0.2, 0.25) is 0 Å². The number of unbranched alkanes of at least 4 members (excludes halogenated alkanes) is 1. The summed E-state index contributed by atoms with van der Waals surface area (Å²) in [4.78, 5) is 0. The van der Waals surface area contributed by atoms with Crippen molar-refractivity contribution in [3.63, 3.8) is 0 Å². The molecule has 0 aromatic rings. The van der Waals surface area contributed by atoms with Crippen LogP contribution in [0.5, 0.6) is 0 Å². The maximum atomic E-state index is 10.3. The van der Waals surface area contributed by atoms with Crippen molar-refractivity contribution in [2.75, 3.05) is 6.54 Å². The van der Waals surface area contributed by atoms with Gasteiger partial charge in [0.25, 0.3) is 0 Å². The van der Waals surface area contributed by atoms with Gasteiger partial charge < -0.3 is 10.4 Å². The number of hydrogen-bond acceptors (Lipinski definition) is 2. The van der Waals surface area contributed by atoms with Gasteiger partial charge in [-0.3, -0.25) is 0 Å². The fourth-order valence-electron chi connectivity index (χ4n) is 3.80. The maximum Gasteiger partial charge on any atom is 0.0586 e. The predicted molar refractivity (Wildman–Crippen MR) is 67.5 cm³/mol. The lowest BCUT2D eigenvalue weighted by Gasteiger charge is -2.50. The number of hydrogen-bond donors (Lipinski definition) is 2. The lowest BCUT2D eigenvalue weighted by atomic mass is 9.65. The van der Waals surface area contributed by atoms with E-state index in [9.17, 15) is 5.11 Å². The van der Waals surface area contributed by atoms with Crippen molar-refractivity contribution in [1.82, 2.24) is 5.32 Å². The second-order valence-electron chi connectivity index (χ2n) is 5.75. The first-order valence-electron chi connectivity index (χ1n) is 7.21. The molecule has 0 bridgehead atoms. The van der Waals surface area contributed by atoms with Crippen LogP contribution >= 0.6 is 0 Å².